The molecular weight excluding hydrogens is 214 g/mol. The standard InChI is InChI=1S/C14H21NO2/c1-14(16,8-9-15-2)12-7-3-5-11-6-4-10-17-13(11)12/h3,5,7,15-16H,4,6,8-10H2,1-2H3. The van der Waals surface area contributed by atoms with Gasteiger partial charge >= 0.3 is 0 Å². The summed E-state index contributed by atoms with van der Waals surface area (Å²) < 4.78 is 5.74. The molecule has 1 atom stereocenters. The lowest BCUT2D eigenvalue weighted by molar-refractivity contribution is 0.0446. The maximum Gasteiger partial charge on any atom is 0.128 e. The van der Waals surface area contributed by atoms with Crippen LogP contribution in [-0.2, 0) is 12.0 Å². The summed E-state index contributed by atoms with van der Waals surface area (Å²) in [7, 11) is 1.90. The molecule has 3 nitrogen and oxygen atoms in total. The molecule has 0 aliphatic carbocycles. The fourth-order valence-electron chi connectivity index (χ4n) is 2.32. The molecule has 1 heterocycles. The van der Waals surface area contributed by atoms with Crippen molar-refractivity contribution in [3.8, 4) is 5.75 Å². The van der Waals surface area contributed by atoms with Crippen LogP contribution in [0.1, 0.15) is 30.9 Å². The van der Waals surface area contributed by atoms with Crippen LogP contribution in [0.15, 0.2) is 18.2 Å². The maximum absolute atomic E-state index is 10.6. The predicted molar refractivity (Wildman–Crippen MR) is 68.4 cm³/mol. The molecule has 1 aliphatic heterocycles. The molecule has 2 N–H and O–H groups in total. The number of rotatable bonds is 4. The minimum atomic E-state index is -0.828. The topological polar surface area (TPSA) is 41.5 Å². The third kappa shape index (κ3) is 2.61. The van der Waals surface area contributed by atoms with Crippen molar-refractivity contribution in [1.82, 2.24) is 5.32 Å². The Balaban J connectivity index is 2.31. The molecule has 3 heteroatoms. The molecule has 0 spiro atoms. The van der Waals surface area contributed by atoms with Crippen molar-refractivity contribution in [2.24, 2.45) is 0 Å². The molecule has 94 valence electrons. The zero-order valence-corrected chi connectivity index (χ0v) is 10.6. The quantitative estimate of drug-likeness (QED) is 0.836. The number of hydrogen-bond donors (Lipinski definition) is 2. The first-order valence-electron chi connectivity index (χ1n) is 6.27. The molecule has 0 fully saturated rings. The number of aryl methyl sites for hydroxylation is 1. The SMILES string of the molecule is CNCCC(C)(O)c1cccc2c1OCCC2. The second-order valence-corrected chi connectivity index (χ2v) is 4.87. The lowest BCUT2D eigenvalue weighted by Gasteiger charge is -2.29. The monoisotopic (exact) mass is 235 g/mol. The molecule has 0 bridgehead atoms. The smallest absolute Gasteiger partial charge is 0.128 e. The van der Waals surface area contributed by atoms with E-state index in [0.717, 1.165) is 37.3 Å². The second kappa shape index (κ2) is 5.07. The van der Waals surface area contributed by atoms with Crippen molar-refractivity contribution in [1.29, 1.82) is 0 Å². The largest absolute Gasteiger partial charge is 0.493 e. The Morgan fingerprint density at radius 1 is 1.47 bits per heavy atom. The fourth-order valence-corrected chi connectivity index (χ4v) is 2.32. The summed E-state index contributed by atoms with van der Waals surface area (Å²) in [5.41, 5.74) is 1.31. The van der Waals surface area contributed by atoms with E-state index in [1.165, 1.54) is 5.56 Å². The van der Waals surface area contributed by atoms with E-state index in [9.17, 15) is 5.11 Å². The van der Waals surface area contributed by atoms with E-state index in [2.05, 4.69) is 11.4 Å². The van der Waals surface area contributed by atoms with Gasteiger partial charge in [0.25, 0.3) is 0 Å². The van der Waals surface area contributed by atoms with Crippen LogP contribution in [0.25, 0.3) is 0 Å². The number of aliphatic hydroxyl groups is 1. The summed E-state index contributed by atoms with van der Waals surface area (Å²) in [6, 6.07) is 6.07. The molecule has 2 rings (SSSR count). The highest BCUT2D eigenvalue weighted by atomic mass is 16.5. The summed E-state index contributed by atoms with van der Waals surface area (Å²) in [4.78, 5) is 0. The van der Waals surface area contributed by atoms with Crippen molar-refractivity contribution >= 4 is 0 Å². The zero-order valence-electron chi connectivity index (χ0n) is 10.6. The van der Waals surface area contributed by atoms with Gasteiger partial charge in [-0.1, -0.05) is 18.2 Å². The number of benzene rings is 1. The van der Waals surface area contributed by atoms with E-state index in [0.29, 0.717) is 6.42 Å². The van der Waals surface area contributed by atoms with Gasteiger partial charge in [0, 0.05) is 5.56 Å². The molecule has 0 saturated heterocycles. The van der Waals surface area contributed by atoms with Crippen LogP contribution in [0.5, 0.6) is 5.75 Å². The Morgan fingerprint density at radius 2 is 2.29 bits per heavy atom. The van der Waals surface area contributed by atoms with Crippen LogP contribution < -0.4 is 10.1 Å². The van der Waals surface area contributed by atoms with E-state index in [1.54, 1.807) is 0 Å². The van der Waals surface area contributed by atoms with Crippen LogP contribution >= 0.6 is 0 Å². The number of hydrogen-bond acceptors (Lipinski definition) is 3. The highest BCUT2D eigenvalue weighted by Gasteiger charge is 2.28. The van der Waals surface area contributed by atoms with E-state index >= 15 is 0 Å². The van der Waals surface area contributed by atoms with Gasteiger partial charge in [-0.2, -0.15) is 0 Å². The third-order valence-electron chi connectivity index (χ3n) is 3.38. The first-order chi connectivity index (χ1) is 8.15. The Hall–Kier alpha value is -1.06. The lowest BCUT2D eigenvalue weighted by Crippen LogP contribution is -2.28. The summed E-state index contributed by atoms with van der Waals surface area (Å²) in [5.74, 6) is 0.903. The molecule has 0 amide bonds. The van der Waals surface area contributed by atoms with Crippen molar-refractivity contribution in [3.05, 3.63) is 29.3 Å². The Kier molecular flexibility index (Phi) is 3.69. The number of ether oxygens (including phenoxy) is 1. The Morgan fingerprint density at radius 3 is 3.06 bits per heavy atom. The first-order valence-corrected chi connectivity index (χ1v) is 6.27. The van der Waals surface area contributed by atoms with Crippen LogP contribution in [0.4, 0.5) is 0 Å². The van der Waals surface area contributed by atoms with Gasteiger partial charge in [0.2, 0.25) is 0 Å². The van der Waals surface area contributed by atoms with Gasteiger partial charge in [-0.3, -0.25) is 0 Å². The van der Waals surface area contributed by atoms with Gasteiger partial charge in [-0.15, -0.1) is 0 Å². The van der Waals surface area contributed by atoms with Gasteiger partial charge < -0.3 is 15.2 Å². The van der Waals surface area contributed by atoms with Crippen LogP contribution in [-0.4, -0.2) is 25.3 Å². The molecule has 1 unspecified atom stereocenters. The molecule has 0 saturated carbocycles. The zero-order chi connectivity index (χ0) is 12.3. The van der Waals surface area contributed by atoms with Crippen LogP contribution in [0.3, 0.4) is 0 Å². The van der Waals surface area contributed by atoms with Gasteiger partial charge in [-0.25, -0.2) is 0 Å². The van der Waals surface area contributed by atoms with Crippen molar-refractivity contribution < 1.29 is 9.84 Å². The average Bonchev–Trinajstić information content (AvgIpc) is 2.36. The van der Waals surface area contributed by atoms with Crippen LogP contribution in [0, 0.1) is 0 Å². The van der Waals surface area contributed by atoms with E-state index in [-0.39, 0.29) is 0 Å². The lowest BCUT2D eigenvalue weighted by atomic mass is 9.88. The van der Waals surface area contributed by atoms with Crippen molar-refractivity contribution in [2.45, 2.75) is 31.8 Å². The first kappa shape index (κ1) is 12.4. The Labute approximate surface area is 103 Å². The third-order valence-corrected chi connectivity index (χ3v) is 3.38. The van der Waals surface area contributed by atoms with Gasteiger partial charge in [0.1, 0.15) is 5.75 Å². The molecule has 17 heavy (non-hydrogen) atoms. The Bertz CT molecular complexity index is 388. The van der Waals surface area contributed by atoms with Crippen molar-refractivity contribution in [3.63, 3.8) is 0 Å². The van der Waals surface area contributed by atoms with Gasteiger partial charge in [0.05, 0.1) is 12.2 Å². The van der Waals surface area contributed by atoms with E-state index in [1.807, 2.05) is 26.1 Å². The summed E-state index contributed by atoms with van der Waals surface area (Å²) >= 11 is 0. The normalized spacial score (nSPS) is 18.1. The van der Waals surface area contributed by atoms with E-state index in [4.69, 9.17) is 4.74 Å². The second-order valence-electron chi connectivity index (χ2n) is 4.87. The molecule has 1 aromatic carbocycles. The number of fused-ring (bicyclic) bond motifs is 1. The van der Waals surface area contributed by atoms with Gasteiger partial charge in [0.15, 0.2) is 0 Å². The molecule has 0 aromatic heterocycles. The molecule has 1 aliphatic rings. The fraction of sp³-hybridized carbons (Fsp3) is 0.571. The summed E-state index contributed by atoms with van der Waals surface area (Å²) in [6.45, 7) is 3.40. The highest BCUT2D eigenvalue weighted by Crippen LogP contribution is 2.37. The average molecular weight is 235 g/mol. The predicted octanol–water partition coefficient (Wildman–Crippen LogP) is 1.83. The summed E-state index contributed by atoms with van der Waals surface area (Å²) in [6.07, 6.45) is 2.80. The highest BCUT2D eigenvalue weighted by molar-refractivity contribution is 5.45. The molecule has 1 aromatic rings. The van der Waals surface area contributed by atoms with Crippen LogP contribution in [0.2, 0.25) is 0 Å². The minimum absolute atomic E-state index is 0.684. The van der Waals surface area contributed by atoms with Crippen molar-refractivity contribution in [2.75, 3.05) is 20.2 Å². The minimum Gasteiger partial charge on any atom is -0.493 e. The number of nitrogens with one attached hydrogen (secondary N) is 1. The van der Waals surface area contributed by atoms with E-state index < -0.39 is 5.60 Å². The number of para-hydroxylation sites is 1. The molecule has 0 radical (unpaired) electrons. The van der Waals surface area contributed by atoms with Gasteiger partial charge in [-0.05, 0) is 45.3 Å². The molecular formula is C14H21NO2. The maximum atomic E-state index is 10.6. The summed E-state index contributed by atoms with van der Waals surface area (Å²) in [5, 5.41) is 13.6.